The summed E-state index contributed by atoms with van der Waals surface area (Å²) in [5.74, 6) is 1.58. The number of hydrogen-bond acceptors (Lipinski definition) is 3. The van der Waals surface area contributed by atoms with E-state index in [1.807, 2.05) is 6.92 Å². The molecule has 1 aliphatic heterocycles. The molecule has 0 aromatic rings. The van der Waals surface area contributed by atoms with E-state index in [1.165, 1.54) is 43.4 Å². The molecule has 0 bridgehead atoms. The molecular formula is C19H35IN4O2. The smallest absolute Gasteiger partial charge is 0.229 e. The minimum Gasteiger partial charge on any atom is -0.357 e. The van der Waals surface area contributed by atoms with Crippen molar-refractivity contribution < 1.29 is 9.59 Å². The molecule has 2 rings (SSSR count). The Morgan fingerprint density at radius 1 is 1.08 bits per heavy atom. The second kappa shape index (κ2) is 13.3. The molecule has 150 valence electrons. The van der Waals surface area contributed by atoms with E-state index in [2.05, 4.69) is 15.6 Å². The SMILES string of the molecule is CCNC(=NCCCC1CCCCC1)NCCN1C(=O)CCCC1=O.I. The highest BCUT2D eigenvalue weighted by atomic mass is 127. The molecule has 2 fully saturated rings. The van der Waals surface area contributed by atoms with Crippen LogP contribution in [0.1, 0.15) is 71.1 Å². The molecule has 0 aromatic carbocycles. The second-order valence-corrected chi connectivity index (χ2v) is 7.13. The predicted molar refractivity (Wildman–Crippen MR) is 116 cm³/mol. The van der Waals surface area contributed by atoms with E-state index in [0.717, 1.165) is 31.4 Å². The maximum atomic E-state index is 11.8. The minimum absolute atomic E-state index is 0. The van der Waals surface area contributed by atoms with Gasteiger partial charge in [0.1, 0.15) is 0 Å². The molecule has 2 N–H and O–H groups in total. The van der Waals surface area contributed by atoms with Crippen molar-refractivity contribution in [1.82, 2.24) is 15.5 Å². The number of piperidine rings is 1. The van der Waals surface area contributed by atoms with Gasteiger partial charge in [-0.15, -0.1) is 24.0 Å². The Bertz CT molecular complexity index is 448. The van der Waals surface area contributed by atoms with Gasteiger partial charge in [0.05, 0.1) is 0 Å². The number of guanidine groups is 1. The van der Waals surface area contributed by atoms with Gasteiger partial charge in [-0.2, -0.15) is 0 Å². The van der Waals surface area contributed by atoms with Crippen molar-refractivity contribution in [2.45, 2.75) is 71.1 Å². The average Bonchev–Trinajstić information content (AvgIpc) is 2.62. The monoisotopic (exact) mass is 478 g/mol. The zero-order valence-corrected chi connectivity index (χ0v) is 18.4. The first-order chi connectivity index (χ1) is 12.2. The van der Waals surface area contributed by atoms with E-state index in [0.29, 0.717) is 32.4 Å². The molecule has 26 heavy (non-hydrogen) atoms. The highest BCUT2D eigenvalue weighted by Crippen LogP contribution is 2.27. The van der Waals surface area contributed by atoms with Gasteiger partial charge in [0.25, 0.3) is 0 Å². The Balaban J connectivity index is 0.00000338. The molecule has 6 nitrogen and oxygen atoms in total. The van der Waals surface area contributed by atoms with Gasteiger partial charge >= 0.3 is 0 Å². The van der Waals surface area contributed by atoms with Crippen molar-refractivity contribution in [3.8, 4) is 0 Å². The Labute approximate surface area is 175 Å². The fourth-order valence-electron chi connectivity index (χ4n) is 3.72. The lowest BCUT2D eigenvalue weighted by Gasteiger charge is -2.25. The van der Waals surface area contributed by atoms with Gasteiger partial charge in [0, 0.05) is 39.0 Å². The van der Waals surface area contributed by atoms with Gasteiger partial charge in [0.15, 0.2) is 5.96 Å². The first-order valence-electron chi connectivity index (χ1n) is 10.1. The van der Waals surface area contributed by atoms with Crippen molar-refractivity contribution in [3.05, 3.63) is 0 Å². The first kappa shape index (κ1) is 23.2. The normalized spacial score (nSPS) is 19.3. The summed E-state index contributed by atoms with van der Waals surface area (Å²) >= 11 is 0. The van der Waals surface area contributed by atoms with Crippen molar-refractivity contribution >= 4 is 41.8 Å². The second-order valence-electron chi connectivity index (χ2n) is 7.13. The lowest BCUT2D eigenvalue weighted by molar-refractivity contribution is -0.147. The van der Waals surface area contributed by atoms with E-state index in [4.69, 9.17) is 0 Å². The number of carbonyl (C=O) groups excluding carboxylic acids is 2. The number of carbonyl (C=O) groups is 2. The molecule has 0 radical (unpaired) electrons. The van der Waals surface area contributed by atoms with Crippen molar-refractivity contribution in [1.29, 1.82) is 0 Å². The average molecular weight is 478 g/mol. The van der Waals surface area contributed by atoms with Crippen molar-refractivity contribution in [2.75, 3.05) is 26.2 Å². The summed E-state index contributed by atoms with van der Waals surface area (Å²) in [6.45, 7) is 4.64. The first-order valence-corrected chi connectivity index (χ1v) is 10.1. The summed E-state index contributed by atoms with van der Waals surface area (Å²) in [7, 11) is 0. The molecule has 1 aliphatic carbocycles. The Morgan fingerprint density at radius 2 is 1.77 bits per heavy atom. The lowest BCUT2D eigenvalue weighted by atomic mass is 9.86. The molecule has 1 heterocycles. The molecule has 0 unspecified atom stereocenters. The molecular weight excluding hydrogens is 443 g/mol. The van der Waals surface area contributed by atoms with Crippen LogP contribution in [0.2, 0.25) is 0 Å². The number of likely N-dealkylation sites (tertiary alicyclic amines) is 1. The zero-order valence-electron chi connectivity index (χ0n) is 16.1. The third kappa shape index (κ3) is 8.22. The molecule has 0 aromatic heterocycles. The summed E-state index contributed by atoms with van der Waals surface area (Å²) in [6, 6.07) is 0. The predicted octanol–water partition coefficient (Wildman–Crippen LogP) is 3.06. The van der Waals surface area contributed by atoms with Gasteiger partial charge in [0.2, 0.25) is 11.8 Å². The van der Waals surface area contributed by atoms with Crippen LogP contribution in [0.4, 0.5) is 0 Å². The van der Waals surface area contributed by atoms with Gasteiger partial charge < -0.3 is 10.6 Å². The van der Waals surface area contributed by atoms with Gasteiger partial charge in [-0.3, -0.25) is 19.5 Å². The quantitative estimate of drug-likeness (QED) is 0.185. The van der Waals surface area contributed by atoms with Gasteiger partial charge in [-0.1, -0.05) is 32.1 Å². The van der Waals surface area contributed by atoms with Crippen LogP contribution < -0.4 is 10.6 Å². The fourth-order valence-corrected chi connectivity index (χ4v) is 3.72. The summed E-state index contributed by atoms with van der Waals surface area (Å²) in [6.07, 6.45) is 11.0. The van der Waals surface area contributed by atoms with E-state index in [1.54, 1.807) is 0 Å². The fraction of sp³-hybridized carbons (Fsp3) is 0.842. The molecule has 0 atom stereocenters. The Kier molecular flexibility index (Phi) is 11.9. The Hall–Kier alpha value is -0.860. The van der Waals surface area contributed by atoms with Crippen molar-refractivity contribution in [2.24, 2.45) is 10.9 Å². The maximum absolute atomic E-state index is 11.8. The molecule has 1 saturated heterocycles. The Morgan fingerprint density at radius 3 is 2.42 bits per heavy atom. The van der Waals surface area contributed by atoms with Crippen LogP contribution in [0, 0.1) is 5.92 Å². The van der Waals surface area contributed by atoms with Crippen LogP contribution in [-0.4, -0.2) is 48.9 Å². The highest BCUT2D eigenvalue weighted by Gasteiger charge is 2.25. The molecule has 7 heteroatoms. The van der Waals surface area contributed by atoms with Crippen LogP contribution in [0.3, 0.4) is 0 Å². The van der Waals surface area contributed by atoms with Crippen LogP contribution >= 0.6 is 24.0 Å². The van der Waals surface area contributed by atoms with Crippen LogP contribution in [0.15, 0.2) is 4.99 Å². The van der Waals surface area contributed by atoms with E-state index in [9.17, 15) is 9.59 Å². The minimum atomic E-state index is -0.0486. The van der Waals surface area contributed by atoms with Gasteiger partial charge in [-0.25, -0.2) is 0 Å². The number of rotatable bonds is 8. The number of amides is 2. The van der Waals surface area contributed by atoms with Crippen molar-refractivity contribution in [3.63, 3.8) is 0 Å². The van der Waals surface area contributed by atoms with Gasteiger partial charge in [-0.05, 0) is 32.1 Å². The number of halogens is 1. The molecule has 0 spiro atoms. The topological polar surface area (TPSA) is 73.8 Å². The standard InChI is InChI=1S/C19H34N4O2.HI/c1-2-20-19(21-13-7-10-16-8-4-3-5-9-16)22-14-15-23-17(24)11-6-12-18(23)25;/h16H,2-15H2,1H3,(H2,20,21,22);1H. The summed E-state index contributed by atoms with van der Waals surface area (Å²) < 4.78 is 0. The lowest BCUT2D eigenvalue weighted by Crippen LogP contribution is -2.46. The molecule has 1 saturated carbocycles. The van der Waals surface area contributed by atoms with Crippen LogP contribution in [0.25, 0.3) is 0 Å². The number of aliphatic imine (C=N–C) groups is 1. The molecule has 2 amide bonds. The number of hydrogen-bond donors (Lipinski definition) is 2. The van der Waals surface area contributed by atoms with E-state index < -0.39 is 0 Å². The van der Waals surface area contributed by atoms with E-state index in [-0.39, 0.29) is 35.8 Å². The third-order valence-electron chi connectivity index (χ3n) is 5.12. The number of nitrogens with one attached hydrogen (secondary N) is 2. The third-order valence-corrected chi connectivity index (χ3v) is 5.12. The summed E-state index contributed by atoms with van der Waals surface area (Å²) in [4.78, 5) is 29.6. The summed E-state index contributed by atoms with van der Waals surface area (Å²) in [5, 5.41) is 6.47. The summed E-state index contributed by atoms with van der Waals surface area (Å²) in [5.41, 5.74) is 0. The van der Waals surface area contributed by atoms with Crippen LogP contribution in [-0.2, 0) is 9.59 Å². The zero-order chi connectivity index (χ0) is 17.9. The maximum Gasteiger partial charge on any atom is 0.229 e. The van der Waals surface area contributed by atoms with Crippen LogP contribution in [0.5, 0.6) is 0 Å². The van der Waals surface area contributed by atoms with E-state index >= 15 is 0 Å². The highest BCUT2D eigenvalue weighted by molar-refractivity contribution is 14.0. The molecule has 2 aliphatic rings. The number of nitrogens with zero attached hydrogens (tertiary/aromatic N) is 2. The number of imide groups is 1. The largest absolute Gasteiger partial charge is 0.357 e.